The highest BCUT2D eigenvalue weighted by atomic mass is 32.2. The van der Waals surface area contributed by atoms with E-state index in [1.54, 1.807) is 18.2 Å². The molecule has 0 heterocycles. The van der Waals surface area contributed by atoms with E-state index in [1.165, 1.54) is 33.4 Å². The van der Waals surface area contributed by atoms with Crippen molar-refractivity contribution in [3.8, 4) is 17.2 Å². The van der Waals surface area contributed by atoms with Crippen molar-refractivity contribution in [1.29, 1.82) is 0 Å². The van der Waals surface area contributed by atoms with Crippen molar-refractivity contribution in [2.45, 2.75) is 18.0 Å². The zero-order valence-corrected chi connectivity index (χ0v) is 19.2. The Labute approximate surface area is 192 Å². The number of ether oxygens (including phenoxy) is 3. The van der Waals surface area contributed by atoms with E-state index in [1.807, 2.05) is 30.3 Å². The average Bonchev–Trinajstić information content (AvgIpc) is 2.83. The van der Waals surface area contributed by atoms with E-state index in [4.69, 9.17) is 14.2 Å². The molecule has 9 nitrogen and oxygen atoms in total. The molecule has 0 aliphatic rings. The average molecular weight is 473 g/mol. The highest BCUT2D eigenvalue weighted by Gasteiger charge is 2.26. The molecule has 3 aromatic carbocycles. The van der Waals surface area contributed by atoms with Crippen LogP contribution in [0, 0.1) is 10.1 Å². The second-order valence-electron chi connectivity index (χ2n) is 7.11. The maximum Gasteiger partial charge on any atom is 0.312 e. The standard InChI is InChI=1S/C23H24N2O7S/c1-24(33(28,29)19-10-12-21(30-2)20(14-19)25(26)27)15-18-9-11-22(23(13-18)31-3)32-16-17-7-5-4-6-8-17/h4-14H,15-16H2,1-3H3. The summed E-state index contributed by atoms with van der Waals surface area (Å²) in [4.78, 5) is 10.4. The predicted octanol–water partition coefficient (Wildman–Crippen LogP) is 4.01. The Bertz CT molecular complexity index is 1230. The van der Waals surface area contributed by atoms with Gasteiger partial charge in [0.05, 0.1) is 24.0 Å². The summed E-state index contributed by atoms with van der Waals surface area (Å²) in [5.74, 6) is 0.980. The minimum Gasteiger partial charge on any atom is -0.493 e. The minimum atomic E-state index is -3.99. The normalized spacial score (nSPS) is 11.3. The first-order valence-corrected chi connectivity index (χ1v) is 11.3. The molecule has 0 bridgehead atoms. The molecule has 0 N–H and O–H groups in total. The van der Waals surface area contributed by atoms with Crippen molar-refractivity contribution in [2.24, 2.45) is 0 Å². The van der Waals surface area contributed by atoms with E-state index < -0.39 is 20.6 Å². The molecule has 0 fully saturated rings. The van der Waals surface area contributed by atoms with Crippen LogP contribution in [0.5, 0.6) is 17.2 Å². The molecule has 33 heavy (non-hydrogen) atoms. The summed E-state index contributed by atoms with van der Waals surface area (Å²) in [6.07, 6.45) is 0. The molecule has 0 aliphatic carbocycles. The maximum atomic E-state index is 13.0. The summed E-state index contributed by atoms with van der Waals surface area (Å²) in [6.45, 7) is 0.387. The van der Waals surface area contributed by atoms with Crippen molar-refractivity contribution < 1.29 is 27.6 Å². The Morgan fingerprint density at radius 3 is 2.18 bits per heavy atom. The molecule has 0 amide bonds. The number of nitro benzene ring substituents is 1. The molecule has 0 unspecified atom stereocenters. The second-order valence-corrected chi connectivity index (χ2v) is 9.16. The van der Waals surface area contributed by atoms with Gasteiger partial charge >= 0.3 is 5.69 Å². The Kier molecular flexibility index (Phi) is 7.52. The minimum absolute atomic E-state index is 0.0163. The molecular formula is C23H24N2O7S. The van der Waals surface area contributed by atoms with Gasteiger partial charge in [-0.25, -0.2) is 8.42 Å². The van der Waals surface area contributed by atoms with Crippen LogP contribution in [0.1, 0.15) is 11.1 Å². The third-order valence-corrected chi connectivity index (χ3v) is 6.73. The van der Waals surface area contributed by atoms with Gasteiger partial charge in [-0.1, -0.05) is 36.4 Å². The molecular weight excluding hydrogens is 448 g/mol. The Balaban J connectivity index is 1.78. The van der Waals surface area contributed by atoms with Gasteiger partial charge in [0, 0.05) is 19.7 Å². The third-order valence-electron chi connectivity index (χ3n) is 4.93. The van der Waals surface area contributed by atoms with Gasteiger partial charge in [0.2, 0.25) is 10.0 Å². The van der Waals surface area contributed by atoms with Gasteiger partial charge in [0.25, 0.3) is 0 Å². The van der Waals surface area contributed by atoms with Crippen LogP contribution in [0.2, 0.25) is 0 Å². The Morgan fingerprint density at radius 1 is 0.879 bits per heavy atom. The van der Waals surface area contributed by atoms with Crippen molar-refractivity contribution >= 4 is 15.7 Å². The lowest BCUT2D eigenvalue weighted by atomic mass is 10.2. The molecule has 10 heteroatoms. The fourth-order valence-corrected chi connectivity index (χ4v) is 4.34. The van der Waals surface area contributed by atoms with E-state index in [0.717, 1.165) is 15.9 Å². The van der Waals surface area contributed by atoms with Crippen molar-refractivity contribution in [3.63, 3.8) is 0 Å². The molecule has 0 aliphatic heterocycles. The number of nitro groups is 1. The van der Waals surface area contributed by atoms with Crippen molar-refractivity contribution in [1.82, 2.24) is 4.31 Å². The fourth-order valence-electron chi connectivity index (χ4n) is 3.16. The van der Waals surface area contributed by atoms with E-state index in [-0.39, 0.29) is 17.2 Å². The van der Waals surface area contributed by atoms with E-state index >= 15 is 0 Å². The molecule has 0 saturated carbocycles. The molecule has 0 radical (unpaired) electrons. The molecule has 0 atom stereocenters. The second kappa shape index (κ2) is 10.3. The summed E-state index contributed by atoms with van der Waals surface area (Å²) in [5.41, 5.74) is 1.24. The highest BCUT2D eigenvalue weighted by Crippen LogP contribution is 2.32. The Hall–Kier alpha value is -3.63. The SMILES string of the molecule is COc1cc(CN(C)S(=O)(=O)c2ccc(OC)c([N+](=O)[O-])c2)ccc1OCc1ccccc1. The lowest BCUT2D eigenvalue weighted by molar-refractivity contribution is -0.386. The number of methoxy groups -OCH3 is 2. The highest BCUT2D eigenvalue weighted by molar-refractivity contribution is 7.89. The quantitative estimate of drug-likeness (QED) is 0.324. The van der Waals surface area contributed by atoms with Crippen LogP contribution in [0.15, 0.2) is 71.6 Å². The lowest BCUT2D eigenvalue weighted by Gasteiger charge is -2.19. The summed E-state index contributed by atoms with van der Waals surface area (Å²) < 4.78 is 43.3. The number of nitrogens with zero attached hydrogens (tertiary/aromatic N) is 2. The fraction of sp³-hybridized carbons (Fsp3) is 0.217. The maximum absolute atomic E-state index is 13.0. The summed E-state index contributed by atoms with van der Waals surface area (Å²) in [6, 6.07) is 18.4. The number of hydrogen-bond acceptors (Lipinski definition) is 7. The van der Waals surface area contributed by atoms with Crippen LogP contribution in [-0.2, 0) is 23.2 Å². The lowest BCUT2D eigenvalue weighted by Crippen LogP contribution is -2.26. The van der Waals surface area contributed by atoms with Gasteiger partial charge in [-0.15, -0.1) is 0 Å². The topological polar surface area (TPSA) is 108 Å². The number of rotatable bonds is 10. The largest absolute Gasteiger partial charge is 0.493 e. The summed E-state index contributed by atoms with van der Waals surface area (Å²) >= 11 is 0. The smallest absolute Gasteiger partial charge is 0.312 e. The molecule has 0 spiro atoms. The molecule has 0 aromatic heterocycles. The first-order chi connectivity index (χ1) is 15.8. The van der Waals surface area contributed by atoms with Crippen LogP contribution in [0.3, 0.4) is 0 Å². The van der Waals surface area contributed by atoms with Gasteiger partial charge in [0.1, 0.15) is 6.61 Å². The van der Waals surface area contributed by atoms with E-state index in [9.17, 15) is 18.5 Å². The molecule has 174 valence electrons. The Morgan fingerprint density at radius 2 is 1.55 bits per heavy atom. The van der Waals surface area contributed by atoms with E-state index in [2.05, 4.69) is 0 Å². The van der Waals surface area contributed by atoms with Crippen LogP contribution < -0.4 is 14.2 Å². The number of sulfonamides is 1. The van der Waals surface area contributed by atoms with Crippen LogP contribution in [-0.4, -0.2) is 38.9 Å². The zero-order valence-electron chi connectivity index (χ0n) is 18.4. The van der Waals surface area contributed by atoms with Gasteiger partial charge in [0.15, 0.2) is 17.2 Å². The molecule has 0 saturated heterocycles. The van der Waals surface area contributed by atoms with Crippen LogP contribution in [0.25, 0.3) is 0 Å². The van der Waals surface area contributed by atoms with Gasteiger partial charge in [-0.05, 0) is 35.4 Å². The van der Waals surface area contributed by atoms with Crippen LogP contribution >= 0.6 is 0 Å². The third kappa shape index (κ3) is 5.60. The predicted molar refractivity (Wildman–Crippen MR) is 122 cm³/mol. The monoisotopic (exact) mass is 472 g/mol. The summed E-state index contributed by atoms with van der Waals surface area (Å²) in [7, 11) is 0.194. The first-order valence-electron chi connectivity index (χ1n) is 9.88. The number of benzene rings is 3. The molecule has 3 aromatic rings. The van der Waals surface area contributed by atoms with Crippen molar-refractivity contribution in [2.75, 3.05) is 21.3 Å². The van der Waals surface area contributed by atoms with E-state index in [0.29, 0.717) is 23.7 Å². The molecule has 3 rings (SSSR count). The zero-order chi connectivity index (χ0) is 24.0. The van der Waals surface area contributed by atoms with Crippen LogP contribution in [0.4, 0.5) is 5.69 Å². The number of hydrogen-bond donors (Lipinski definition) is 0. The summed E-state index contributed by atoms with van der Waals surface area (Å²) in [5, 5.41) is 11.3. The van der Waals surface area contributed by atoms with Gasteiger partial charge in [-0.3, -0.25) is 10.1 Å². The van der Waals surface area contributed by atoms with Gasteiger partial charge in [-0.2, -0.15) is 4.31 Å². The first kappa shape index (κ1) is 24.0. The van der Waals surface area contributed by atoms with Crippen molar-refractivity contribution in [3.05, 3.63) is 88.0 Å². The van der Waals surface area contributed by atoms with Gasteiger partial charge < -0.3 is 14.2 Å².